The zero-order valence-electron chi connectivity index (χ0n) is 10.3. The Morgan fingerprint density at radius 1 is 0.895 bits per heavy atom. The number of hydrogen-bond donors (Lipinski definition) is 0. The Hall–Kier alpha value is -1.57. The lowest BCUT2D eigenvalue weighted by Gasteiger charge is -2.09. The smallest absolute Gasteiger partial charge is 0.0753 e. The largest absolute Gasteiger partial charge is 0.247 e. The predicted molar refractivity (Wildman–Crippen MR) is 81.9 cm³/mol. The normalized spacial score (nSPS) is 10.9. The van der Waals surface area contributed by atoms with Crippen LogP contribution >= 0.6 is 23.2 Å². The number of benzene rings is 2. The summed E-state index contributed by atoms with van der Waals surface area (Å²) in [6.07, 6.45) is 0. The molecule has 0 saturated carbocycles. The fraction of sp³-hybridized carbons (Fsp3) is 0.0625. The quantitative estimate of drug-likeness (QED) is 0.574. The van der Waals surface area contributed by atoms with Gasteiger partial charge in [-0.15, -0.1) is 0 Å². The summed E-state index contributed by atoms with van der Waals surface area (Å²) in [4.78, 5) is 4.70. The van der Waals surface area contributed by atoms with Gasteiger partial charge in [-0.05, 0) is 36.8 Å². The van der Waals surface area contributed by atoms with Crippen molar-refractivity contribution >= 4 is 34.1 Å². The third kappa shape index (κ3) is 2.20. The number of nitrogens with zero attached hydrogens (tertiary/aromatic N) is 1. The summed E-state index contributed by atoms with van der Waals surface area (Å²) in [5.41, 5.74) is 3.80. The van der Waals surface area contributed by atoms with Crippen molar-refractivity contribution in [2.24, 2.45) is 0 Å². The Morgan fingerprint density at radius 2 is 1.63 bits per heavy atom. The van der Waals surface area contributed by atoms with Gasteiger partial charge in [0.05, 0.1) is 11.2 Å². The Balaban J connectivity index is 2.31. The fourth-order valence-corrected chi connectivity index (χ4v) is 2.63. The summed E-state index contributed by atoms with van der Waals surface area (Å²) in [6, 6.07) is 15.5. The lowest BCUT2D eigenvalue weighted by atomic mass is 10.0. The van der Waals surface area contributed by atoms with Gasteiger partial charge < -0.3 is 0 Å². The maximum Gasteiger partial charge on any atom is 0.0753 e. The SMILES string of the molecule is Cc1cc2c(Cl)cccc2nc1-c1ccccc1Cl. The van der Waals surface area contributed by atoms with E-state index in [4.69, 9.17) is 28.2 Å². The Morgan fingerprint density at radius 3 is 2.42 bits per heavy atom. The van der Waals surface area contributed by atoms with Crippen molar-refractivity contribution in [2.45, 2.75) is 6.92 Å². The van der Waals surface area contributed by atoms with Crippen molar-refractivity contribution in [1.82, 2.24) is 4.98 Å². The summed E-state index contributed by atoms with van der Waals surface area (Å²) in [7, 11) is 0. The Labute approximate surface area is 121 Å². The van der Waals surface area contributed by atoms with Crippen LogP contribution in [0.15, 0.2) is 48.5 Å². The predicted octanol–water partition coefficient (Wildman–Crippen LogP) is 5.52. The van der Waals surface area contributed by atoms with Crippen molar-refractivity contribution in [3.8, 4) is 11.3 Å². The van der Waals surface area contributed by atoms with Crippen molar-refractivity contribution in [2.75, 3.05) is 0 Å². The third-order valence-corrected chi connectivity index (χ3v) is 3.78. The minimum absolute atomic E-state index is 0.708. The fourth-order valence-electron chi connectivity index (χ4n) is 2.19. The summed E-state index contributed by atoms with van der Waals surface area (Å²) in [6.45, 7) is 2.02. The van der Waals surface area contributed by atoms with E-state index in [0.717, 1.165) is 32.7 Å². The van der Waals surface area contributed by atoms with Gasteiger partial charge in [0.25, 0.3) is 0 Å². The Bertz CT molecular complexity index is 766. The number of fused-ring (bicyclic) bond motifs is 1. The third-order valence-electron chi connectivity index (χ3n) is 3.13. The molecule has 1 heterocycles. The van der Waals surface area contributed by atoms with Gasteiger partial charge in [0, 0.05) is 21.0 Å². The molecule has 0 aliphatic rings. The van der Waals surface area contributed by atoms with Crippen LogP contribution in [0.3, 0.4) is 0 Å². The average molecular weight is 288 g/mol. The van der Waals surface area contributed by atoms with E-state index in [1.165, 1.54) is 0 Å². The highest BCUT2D eigenvalue weighted by atomic mass is 35.5. The number of rotatable bonds is 1. The number of hydrogen-bond acceptors (Lipinski definition) is 1. The van der Waals surface area contributed by atoms with Crippen molar-refractivity contribution in [3.05, 3.63) is 64.1 Å². The molecule has 0 unspecified atom stereocenters. The molecule has 94 valence electrons. The second-order valence-electron chi connectivity index (χ2n) is 4.44. The molecule has 19 heavy (non-hydrogen) atoms. The minimum Gasteiger partial charge on any atom is -0.247 e. The van der Waals surface area contributed by atoms with Gasteiger partial charge in [-0.25, -0.2) is 4.98 Å². The molecule has 0 radical (unpaired) electrons. The van der Waals surface area contributed by atoms with Crippen molar-refractivity contribution in [1.29, 1.82) is 0 Å². The van der Waals surface area contributed by atoms with Crippen molar-refractivity contribution in [3.63, 3.8) is 0 Å². The molecule has 0 bridgehead atoms. The molecular weight excluding hydrogens is 277 g/mol. The van der Waals surface area contributed by atoms with Gasteiger partial charge >= 0.3 is 0 Å². The van der Waals surface area contributed by atoms with E-state index in [0.29, 0.717) is 5.02 Å². The lowest BCUT2D eigenvalue weighted by Crippen LogP contribution is -1.91. The molecule has 3 heteroatoms. The van der Waals surface area contributed by atoms with E-state index in [2.05, 4.69) is 6.07 Å². The zero-order valence-corrected chi connectivity index (χ0v) is 11.8. The molecule has 0 N–H and O–H groups in total. The summed E-state index contributed by atoms with van der Waals surface area (Å²) in [5, 5.41) is 2.40. The monoisotopic (exact) mass is 287 g/mol. The number of halogens is 2. The standard InChI is InChI=1S/C16H11Cl2N/c1-10-9-12-14(18)7-4-8-15(12)19-16(10)11-5-2-3-6-13(11)17/h2-9H,1H3. The number of aryl methyl sites for hydroxylation is 1. The van der Waals surface area contributed by atoms with Gasteiger partial charge in [-0.3, -0.25) is 0 Å². The summed E-state index contributed by atoms with van der Waals surface area (Å²) in [5.74, 6) is 0. The van der Waals surface area contributed by atoms with Crippen LogP contribution in [0.4, 0.5) is 0 Å². The maximum absolute atomic E-state index is 6.25. The molecule has 1 nitrogen and oxygen atoms in total. The molecule has 3 rings (SSSR count). The van der Waals surface area contributed by atoms with E-state index in [1.807, 2.05) is 49.4 Å². The summed E-state index contributed by atoms with van der Waals surface area (Å²) >= 11 is 12.4. The first kappa shape index (κ1) is 12.5. The maximum atomic E-state index is 6.25. The highest BCUT2D eigenvalue weighted by Crippen LogP contribution is 2.32. The van der Waals surface area contributed by atoms with Crippen LogP contribution < -0.4 is 0 Å². The highest BCUT2D eigenvalue weighted by molar-refractivity contribution is 6.35. The van der Waals surface area contributed by atoms with Crippen LogP contribution in [0, 0.1) is 6.92 Å². The molecule has 0 amide bonds. The van der Waals surface area contributed by atoms with E-state index in [1.54, 1.807) is 0 Å². The minimum atomic E-state index is 0.708. The number of pyridine rings is 1. The average Bonchev–Trinajstić information content (AvgIpc) is 2.40. The highest BCUT2D eigenvalue weighted by Gasteiger charge is 2.10. The molecule has 0 aliphatic heterocycles. The van der Waals surface area contributed by atoms with Crippen LogP contribution in [0.25, 0.3) is 22.2 Å². The van der Waals surface area contributed by atoms with Gasteiger partial charge in [-0.2, -0.15) is 0 Å². The van der Waals surface area contributed by atoms with E-state index >= 15 is 0 Å². The molecule has 0 fully saturated rings. The van der Waals surface area contributed by atoms with E-state index < -0.39 is 0 Å². The molecule has 1 aromatic heterocycles. The lowest BCUT2D eigenvalue weighted by molar-refractivity contribution is 1.33. The molecule has 3 aromatic rings. The zero-order chi connectivity index (χ0) is 13.4. The molecule has 0 saturated heterocycles. The summed E-state index contributed by atoms with van der Waals surface area (Å²) < 4.78 is 0. The molecule has 0 aliphatic carbocycles. The van der Waals surface area contributed by atoms with Crippen LogP contribution in [-0.4, -0.2) is 4.98 Å². The van der Waals surface area contributed by atoms with Gasteiger partial charge in [-0.1, -0.05) is 47.5 Å². The van der Waals surface area contributed by atoms with Crippen molar-refractivity contribution < 1.29 is 0 Å². The Kier molecular flexibility index (Phi) is 3.17. The van der Waals surface area contributed by atoms with Gasteiger partial charge in [0.1, 0.15) is 0 Å². The topological polar surface area (TPSA) is 12.9 Å². The van der Waals surface area contributed by atoms with Crippen LogP contribution in [0.1, 0.15) is 5.56 Å². The van der Waals surface area contributed by atoms with Gasteiger partial charge in [0.2, 0.25) is 0 Å². The second-order valence-corrected chi connectivity index (χ2v) is 5.25. The first-order valence-electron chi connectivity index (χ1n) is 5.97. The van der Waals surface area contributed by atoms with Crippen LogP contribution in [0.5, 0.6) is 0 Å². The number of aromatic nitrogens is 1. The van der Waals surface area contributed by atoms with Gasteiger partial charge in [0.15, 0.2) is 0 Å². The van der Waals surface area contributed by atoms with Crippen LogP contribution in [0.2, 0.25) is 10.0 Å². The molecular formula is C16H11Cl2N. The first-order chi connectivity index (χ1) is 9.16. The van der Waals surface area contributed by atoms with Crippen LogP contribution in [-0.2, 0) is 0 Å². The molecule has 2 aromatic carbocycles. The first-order valence-corrected chi connectivity index (χ1v) is 6.73. The van der Waals surface area contributed by atoms with E-state index in [-0.39, 0.29) is 0 Å². The van der Waals surface area contributed by atoms with E-state index in [9.17, 15) is 0 Å². The molecule has 0 spiro atoms. The second kappa shape index (κ2) is 4.84. The molecule has 0 atom stereocenters.